The normalized spacial score (nSPS) is 11.2. The van der Waals surface area contributed by atoms with E-state index in [2.05, 4.69) is 15.3 Å². The van der Waals surface area contributed by atoms with Crippen LogP contribution in [0.4, 0.5) is 0 Å². The Kier molecular flexibility index (Phi) is 3.57. The van der Waals surface area contributed by atoms with E-state index >= 15 is 0 Å². The molecule has 0 aromatic carbocycles. The van der Waals surface area contributed by atoms with Crippen LogP contribution in [-0.2, 0) is 13.6 Å². The number of aromatic carboxylic acids is 1. The van der Waals surface area contributed by atoms with Gasteiger partial charge in [-0.25, -0.2) is 14.5 Å². The van der Waals surface area contributed by atoms with Gasteiger partial charge in [0.15, 0.2) is 5.69 Å². The minimum absolute atomic E-state index is 0.00293. The molecule has 0 aliphatic carbocycles. The molecule has 2 rings (SSSR count). The number of hydrogen-bond acceptors (Lipinski definition) is 4. The number of carboxylic acids is 1. The SMILES string of the molecule is CC(C)c1c(C(=O)O)nnn1Cc1ncc(Cl)n1C. The van der Waals surface area contributed by atoms with E-state index in [4.69, 9.17) is 16.7 Å². The number of halogens is 1. The van der Waals surface area contributed by atoms with Crippen molar-refractivity contribution in [3.8, 4) is 0 Å². The third kappa shape index (κ3) is 2.46. The van der Waals surface area contributed by atoms with Crippen molar-refractivity contribution in [1.29, 1.82) is 0 Å². The summed E-state index contributed by atoms with van der Waals surface area (Å²) < 4.78 is 3.26. The molecule has 0 unspecified atom stereocenters. The predicted molar refractivity (Wildman–Crippen MR) is 68.4 cm³/mol. The zero-order valence-electron chi connectivity index (χ0n) is 10.8. The van der Waals surface area contributed by atoms with Crippen LogP contribution in [0.3, 0.4) is 0 Å². The first-order valence-electron chi connectivity index (χ1n) is 5.74. The van der Waals surface area contributed by atoms with E-state index in [0.29, 0.717) is 23.2 Å². The van der Waals surface area contributed by atoms with Crippen LogP contribution in [0.5, 0.6) is 0 Å². The lowest BCUT2D eigenvalue weighted by Crippen LogP contribution is -2.13. The van der Waals surface area contributed by atoms with Crippen LogP contribution >= 0.6 is 11.6 Å². The maximum atomic E-state index is 11.1. The quantitative estimate of drug-likeness (QED) is 0.920. The second-order valence-corrected chi connectivity index (χ2v) is 4.88. The number of imidazole rings is 1. The molecular formula is C11H14ClN5O2. The maximum Gasteiger partial charge on any atom is 0.358 e. The second-order valence-electron chi connectivity index (χ2n) is 4.50. The average molecular weight is 284 g/mol. The predicted octanol–water partition coefficient (Wildman–Crippen LogP) is 1.53. The summed E-state index contributed by atoms with van der Waals surface area (Å²) in [7, 11) is 1.79. The van der Waals surface area contributed by atoms with E-state index in [1.807, 2.05) is 13.8 Å². The van der Waals surface area contributed by atoms with Gasteiger partial charge in [0.25, 0.3) is 0 Å². The van der Waals surface area contributed by atoms with Gasteiger partial charge in [-0.3, -0.25) is 0 Å². The first-order valence-corrected chi connectivity index (χ1v) is 6.12. The molecule has 0 bridgehead atoms. The lowest BCUT2D eigenvalue weighted by Gasteiger charge is -2.09. The van der Waals surface area contributed by atoms with Crippen molar-refractivity contribution in [3.63, 3.8) is 0 Å². The average Bonchev–Trinajstić information content (AvgIpc) is 2.88. The molecule has 8 heteroatoms. The maximum absolute atomic E-state index is 11.1. The molecule has 0 fully saturated rings. The Morgan fingerprint density at radius 1 is 1.53 bits per heavy atom. The fourth-order valence-electron chi connectivity index (χ4n) is 1.87. The molecule has 0 aliphatic rings. The van der Waals surface area contributed by atoms with Crippen LogP contribution in [0, 0.1) is 0 Å². The van der Waals surface area contributed by atoms with Crippen LogP contribution in [-0.4, -0.2) is 35.6 Å². The van der Waals surface area contributed by atoms with Crippen LogP contribution in [0.25, 0.3) is 0 Å². The topological polar surface area (TPSA) is 85.8 Å². The summed E-state index contributed by atoms with van der Waals surface area (Å²) in [6.45, 7) is 4.12. The molecule has 0 atom stereocenters. The fourth-order valence-corrected chi connectivity index (χ4v) is 2.01. The molecule has 0 radical (unpaired) electrons. The van der Waals surface area contributed by atoms with Gasteiger partial charge in [0.05, 0.1) is 11.9 Å². The summed E-state index contributed by atoms with van der Waals surface area (Å²) in [5, 5.41) is 17.2. The fraction of sp³-hybridized carbons (Fsp3) is 0.455. The van der Waals surface area contributed by atoms with Gasteiger partial charge in [0.2, 0.25) is 0 Å². The number of nitrogens with zero attached hydrogens (tertiary/aromatic N) is 5. The van der Waals surface area contributed by atoms with Gasteiger partial charge in [-0.2, -0.15) is 0 Å². The molecule has 0 spiro atoms. The molecule has 0 saturated heterocycles. The van der Waals surface area contributed by atoms with Crippen molar-refractivity contribution in [3.05, 3.63) is 28.6 Å². The van der Waals surface area contributed by atoms with Crippen molar-refractivity contribution >= 4 is 17.6 Å². The van der Waals surface area contributed by atoms with Crippen LogP contribution < -0.4 is 0 Å². The molecule has 102 valence electrons. The first-order chi connectivity index (χ1) is 8.91. The monoisotopic (exact) mass is 283 g/mol. The largest absolute Gasteiger partial charge is 0.476 e. The van der Waals surface area contributed by atoms with E-state index < -0.39 is 5.97 Å². The molecule has 2 aromatic rings. The van der Waals surface area contributed by atoms with Gasteiger partial charge < -0.3 is 9.67 Å². The number of carboxylic acid groups (broad SMARTS) is 1. The smallest absolute Gasteiger partial charge is 0.358 e. The highest BCUT2D eigenvalue weighted by molar-refractivity contribution is 6.29. The molecule has 0 aliphatic heterocycles. The third-order valence-corrected chi connectivity index (χ3v) is 3.19. The van der Waals surface area contributed by atoms with Crippen molar-refractivity contribution < 1.29 is 9.90 Å². The van der Waals surface area contributed by atoms with E-state index in [1.165, 1.54) is 0 Å². The molecule has 2 heterocycles. The van der Waals surface area contributed by atoms with Gasteiger partial charge >= 0.3 is 5.97 Å². The number of rotatable bonds is 4. The molecule has 0 saturated carbocycles. The van der Waals surface area contributed by atoms with Crippen LogP contribution in [0.1, 0.15) is 41.8 Å². The van der Waals surface area contributed by atoms with E-state index in [-0.39, 0.29) is 11.6 Å². The second kappa shape index (κ2) is 5.00. The summed E-state index contributed by atoms with van der Waals surface area (Å²) in [6, 6.07) is 0. The Morgan fingerprint density at radius 3 is 2.68 bits per heavy atom. The number of aromatic nitrogens is 5. The number of hydrogen-bond donors (Lipinski definition) is 1. The molecule has 1 N–H and O–H groups in total. The highest BCUT2D eigenvalue weighted by Crippen LogP contribution is 2.19. The van der Waals surface area contributed by atoms with Crippen LogP contribution in [0.2, 0.25) is 5.15 Å². The highest BCUT2D eigenvalue weighted by atomic mass is 35.5. The van der Waals surface area contributed by atoms with Gasteiger partial charge in [0.1, 0.15) is 17.5 Å². The van der Waals surface area contributed by atoms with Crippen molar-refractivity contribution in [2.24, 2.45) is 7.05 Å². The Morgan fingerprint density at radius 2 is 2.21 bits per heavy atom. The van der Waals surface area contributed by atoms with Gasteiger partial charge in [0, 0.05) is 7.05 Å². The minimum Gasteiger partial charge on any atom is -0.476 e. The molecule has 0 amide bonds. The molecule has 19 heavy (non-hydrogen) atoms. The third-order valence-electron chi connectivity index (χ3n) is 2.84. The summed E-state index contributed by atoms with van der Waals surface area (Å²) in [5.74, 6) is -0.390. The molecular weight excluding hydrogens is 270 g/mol. The van der Waals surface area contributed by atoms with E-state index in [9.17, 15) is 4.79 Å². The minimum atomic E-state index is -1.08. The van der Waals surface area contributed by atoms with Gasteiger partial charge in [-0.05, 0) is 5.92 Å². The van der Waals surface area contributed by atoms with E-state index in [0.717, 1.165) is 0 Å². The van der Waals surface area contributed by atoms with Crippen molar-refractivity contribution in [2.75, 3.05) is 0 Å². The van der Waals surface area contributed by atoms with E-state index in [1.54, 1.807) is 22.5 Å². The van der Waals surface area contributed by atoms with Gasteiger partial charge in [-0.1, -0.05) is 30.7 Å². The Balaban J connectivity index is 2.41. The standard InChI is InChI=1S/C11H14ClN5O2/c1-6(2)10-9(11(18)19)14-15-17(10)5-8-13-4-7(12)16(8)3/h4,6H,5H2,1-3H3,(H,18,19). The van der Waals surface area contributed by atoms with Crippen molar-refractivity contribution in [2.45, 2.75) is 26.3 Å². The Bertz CT molecular complexity index is 617. The zero-order valence-corrected chi connectivity index (χ0v) is 11.6. The highest BCUT2D eigenvalue weighted by Gasteiger charge is 2.22. The molecule has 2 aromatic heterocycles. The summed E-state index contributed by atoms with van der Waals surface area (Å²) >= 11 is 5.91. The molecule has 7 nitrogen and oxygen atoms in total. The van der Waals surface area contributed by atoms with Gasteiger partial charge in [-0.15, -0.1) is 5.10 Å². The first kappa shape index (κ1) is 13.5. The summed E-state index contributed by atoms with van der Waals surface area (Å²) in [4.78, 5) is 15.3. The summed E-state index contributed by atoms with van der Waals surface area (Å²) in [5.41, 5.74) is 0.557. The summed E-state index contributed by atoms with van der Waals surface area (Å²) in [6.07, 6.45) is 1.54. The lowest BCUT2D eigenvalue weighted by molar-refractivity contribution is 0.0688. The van der Waals surface area contributed by atoms with Crippen molar-refractivity contribution in [1.82, 2.24) is 24.5 Å². The zero-order chi connectivity index (χ0) is 14.2. The number of carbonyl (C=O) groups is 1. The Labute approximate surface area is 114 Å². The van der Waals surface area contributed by atoms with Crippen LogP contribution in [0.15, 0.2) is 6.20 Å². The lowest BCUT2D eigenvalue weighted by atomic mass is 10.1. The Hall–Kier alpha value is -1.89.